The molecule has 1 aliphatic carbocycles. The highest BCUT2D eigenvalue weighted by Gasteiger charge is 2.21. The smallest absolute Gasteiger partial charge is 0.287 e. The summed E-state index contributed by atoms with van der Waals surface area (Å²) in [7, 11) is 0. The van der Waals surface area contributed by atoms with Crippen LogP contribution in [0.3, 0.4) is 0 Å². The van der Waals surface area contributed by atoms with Gasteiger partial charge in [0, 0.05) is 17.5 Å². The van der Waals surface area contributed by atoms with Crippen molar-refractivity contribution in [2.75, 3.05) is 6.54 Å². The Balaban J connectivity index is 1.71. The van der Waals surface area contributed by atoms with E-state index in [2.05, 4.69) is 5.32 Å². The molecule has 1 N–H and O–H groups in total. The molecule has 0 bridgehead atoms. The third kappa shape index (κ3) is 3.99. The van der Waals surface area contributed by atoms with Gasteiger partial charge in [-0.2, -0.15) is 0 Å². The van der Waals surface area contributed by atoms with Crippen molar-refractivity contribution in [3.8, 4) is 0 Å². The quantitative estimate of drug-likeness (QED) is 0.803. The highest BCUT2D eigenvalue weighted by Crippen LogP contribution is 2.28. The summed E-state index contributed by atoms with van der Waals surface area (Å²) in [5.74, 6) is 1.03. The first-order valence-electron chi connectivity index (χ1n) is 9.05. The van der Waals surface area contributed by atoms with E-state index < -0.39 is 0 Å². The number of amides is 1. The Hall–Kier alpha value is -1.81. The van der Waals surface area contributed by atoms with Gasteiger partial charge in [-0.1, -0.05) is 43.9 Å². The van der Waals surface area contributed by atoms with Crippen LogP contribution in [-0.4, -0.2) is 18.6 Å². The number of carbonyl (C=O) groups excluding carboxylic acids is 1. The van der Waals surface area contributed by atoms with Gasteiger partial charge in [0.15, 0.2) is 5.76 Å². The van der Waals surface area contributed by atoms with E-state index in [1.165, 1.54) is 25.7 Å². The van der Waals surface area contributed by atoms with Gasteiger partial charge in [-0.25, -0.2) is 0 Å². The van der Waals surface area contributed by atoms with Crippen LogP contribution < -0.4 is 5.32 Å². The van der Waals surface area contributed by atoms with Crippen molar-refractivity contribution in [2.24, 2.45) is 5.92 Å². The summed E-state index contributed by atoms with van der Waals surface area (Å²) >= 11 is 0. The van der Waals surface area contributed by atoms with Gasteiger partial charge in [0.1, 0.15) is 5.58 Å². The summed E-state index contributed by atoms with van der Waals surface area (Å²) < 4.78 is 11.6. The van der Waals surface area contributed by atoms with Crippen LogP contribution >= 0.6 is 0 Å². The zero-order valence-electron chi connectivity index (χ0n) is 14.6. The van der Waals surface area contributed by atoms with Crippen LogP contribution in [0.25, 0.3) is 11.0 Å². The van der Waals surface area contributed by atoms with E-state index in [-0.39, 0.29) is 12.0 Å². The van der Waals surface area contributed by atoms with Gasteiger partial charge in [0.05, 0.1) is 12.7 Å². The SMILES string of the molecule is CC(C)OCc1c(C(=O)NCCC2CCCC2)oc2ccccc12. The fourth-order valence-corrected chi connectivity index (χ4v) is 3.44. The molecule has 1 aromatic heterocycles. The van der Waals surface area contributed by atoms with E-state index in [0.29, 0.717) is 18.9 Å². The average Bonchev–Trinajstić information content (AvgIpc) is 3.20. The van der Waals surface area contributed by atoms with Crippen LogP contribution in [0.1, 0.15) is 62.1 Å². The summed E-state index contributed by atoms with van der Waals surface area (Å²) in [6, 6.07) is 7.75. The predicted molar refractivity (Wildman–Crippen MR) is 95.0 cm³/mol. The highest BCUT2D eigenvalue weighted by molar-refractivity contribution is 5.99. The Bertz CT molecular complexity index is 683. The lowest BCUT2D eigenvalue weighted by Gasteiger charge is -2.10. The number of para-hydroxylation sites is 1. The molecule has 0 spiro atoms. The van der Waals surface area contributed by atoms with E-state index in [1.54, 1.807) is 0 Å². The Morgan fingerprint density at radius 3 is 2.79 bits per heavy atom. The molecule has 1 heterocycles. The number of ether oxygens (including phenoxy) is 1. The largest absolute Gasteiger partial charge is 0.451 e. The Morgan fingerprint density at radius 2 is 2.04 bits per heavy atom. The molecule has 1 aliphatic rings. The number of nitrogens with one attached hydrogen (secondary N) is 1. The maximum absolute atomic E-state index is 12.6. The lowest BCUT2D eigenvalue weighted by atomic mass is 10.0. The number of hydrogen-bond acceptors (Lipinski definition) is 3. The highest BCUT2D eigenvalue weighted by atomic mass is 16.5. The zero-order chi connectivity index (χ0) is 16.9. The molecule has 1 fully saturated rings. The fourth-order valence-electron chi connectivity index (χ4n) is 3.44. The molecule has 0 atom stereocenters. The lowest BCUT2D eigenvalue weighted by Crippen LogP contribution is -2.26. The van der Waals surface area contributed by atoms with E-state index >= 15 is 0 Å². The van der Waals surface area contributed by atoms with Gasteiger partial charge in [-0.05, 0) is 32.3 Å². The van der Waals surface area contributed by atoms with Crippen molar-refractivity contribution in [3.63, 3.8) is 0 Å². The molecule has 0 unspecified atom stereocenters. The van der Waals surface area contributed by atoms with Crippen molar-refractivity contribution >= 4 is 16.9 Å². The van der Waals surface area contributed by atoms with Gasteiger partial charge in [-0.15, -0.1) is 0 Å². The summed E-state index contributed by atoms with van der Waals surface area (Å²) in [6.45, 7) is 5.08. The average molecular weight is 329 g/mol. The summed E-state index contributed by atoms with van der Waals surface area (Å²) in [6.07, 6.45) is 6.43. The van der Waals surface area contributed by atoms with Crippen molar-refractivity contribution < 1.29 is 13.9 Å². The van der Waals surface area contributed by atoms with Crippen LogP contribution in [0.5, 0.6) is 0 Å². The van der Waals surface area contributed by atoms with Crippen molar-refractivity contribution in [2.45, 2.75) is 58.7 Å². The van der Waals surface area contributed by atoms with Crippen LogP contribution in [-0.2, 0) is 11.3 Å². The monoisotopic (exact) mass is 329 g/mol. The second kappa shape index (κ2) is 7.84. The minimum absolute atomic E-state index is 0.108. The number of furan rings is 1. The number of fused-ring (bicyclic) bond motifs is 1. The van der Waals surface area contributed by atoms with Crippen LogP contribution in [0.15, 0.2) is 28.7 Å². The molecule has 0 radical (unpaired) electrons. The second-order valence-electron chi connectivity index (χ2n) is 6.96. The summed E-state index contributed by atoms with van der Waals surface area (Å²) in [4.78, 5) is 12.6. The molecule has 0 saturated heterocycles. The molecule has 4 nitrogen and oxygen atoms in total. The fraction of sp³-hybridized carbons (Fsp3) is 0.550. The predicted octanol–water partition coefficient (Wildman–Crippen LogP) is 4.67. The molecule has 1 aromatic carbocycles. The van der Waals surface area contributed by atoms with E-state index in [0.717, 1.165) is 28.9 Å². The number of carbonyl (C=O) groups is 1. The van der Waals surface area contributed by atoms with Gasteiger partial charge in [0.2, 0.25) is 0 Å². The second-order valence-corrected chi connectivity index (χ2v) is 6.96. The van der Waals surface area contributed by atoms with Crippen LogP contribution in [0, 0.1) is 5.92 Å². The van der Waals surface area contributed by atoms with Crippen LogP contribution in [0.4, 0.5) is 0 Å². The first kappa shape index (κ1) is 17.0. The van der Waals surface area contributed by atoms with Crippen LogP contribution in [0.2, 0.25) is 0 Å². The van der Waals surface area contributed by atoms with Gasteiger partial charge < -0.3 is 14.5 Å². The molecule has 130 valence electrons. The summed E-state index contributed by atoms with van der Waals surface area (Å²) in [5, 5.41) is 3.98. The Morgan fingerprint density at radius 1 is 1.29 bits per heavy atom. The lowest BCUT2D eigenvalue weighted by molar-refractivity contribution is 0.0643. The number of benzene rings is 1. The summed E-state index contributed by atoms with van der Waals surface area (Å²) in [5.41, 5.74) is 1.58. The first-order chi connectivity index (χ1) is 11.6. The van der Waals surface area contributed by atoms with Gasteiger partial charge >= 0.3 is 0 Å². The Kier molecular flexibility index (Phi) is 5.56. The van der Waals surface area contributed by atoms with Gasteiger partial charge in [-0.3, -0.25) is 4.79 Å². The minimum atomic E-state index is -0.133. The third-order valence-corrected chi connectivity index (χ3v) is 4.78. The standard InChI is InChI=1S/C20H27NO3/c1-14(2)23-13-17-16-9-5-6-10-18(16)24-19(17)20(22)21-12-11-15-7-3-4-8-15/h5-6,9-10,14-15H,3-4,7-8,11-13H2,1-2H3,(H,21,22). The molecule has 3 rings (SSSR count). The molecule has 1 amide bonds. The third-order valence-electron chi connectivity index (χ3n) is 4.78. The Labute approximate surface area is 143 Å². The molecule has 0 aliphatic heterocycles. The van der Waals surface area contributed by atoms with Crippen molar-refractivity contribution in [1.29, 1.82) is 0 Å². The maximum atomic E-state index is 12.6. The molecule has 24 heavy (non-hydrogen) atoms. The first-order valence-corrected chi connectivity index (χ1v) is 9.05. The van der Waals surface area contributed by atoms with E-state index in [4.69, 9.17) is 9.15 Å². The van der Waals surface area contributed by atoms with Crippen molar-refractivity contribution in [3.05, 3.63) is 35.6 Å². The minimum Gasteiger partial charge on any atom is -0.451 e. The molecule has 2 aromatic rings. The topological polar surface area (TPSA) is 51.5 Å². The normalized spacial score (nSPS) is 15.5. The molecular weight excluding hydrogens is 302 g/mol. The molecule has 4 heteroatoms. The van der Waals surface area contributed by atoms with E-state index in [9.17, 15) is 4.79 Å². The zero-order valence-corrected chi connectivity index (χ0v) is 14.6. The number of hydrogen-bond donors (Lipinski definition) is 1. The van der Waals surface area contributed by atoms with Gasteiger partial charge in [0.25, 0.3) is 5.91 Å². The molecule has 1 saturated carbocycles. The molecular formula is C20H27NO3. The van der Waals surface area contributed by atoms with Crippen molar-refractivity contribution in [1.82, 2.24) is 5.32 Å². The van der Waals surface area contributed by atoms with E-state index in [1.807, 2.05) is 38.1 Å². The number of rotatable bonds is 7. The maximum Gasteiger partial charge on any atom is 0.287 e.